The summed E-state index contributed by atoms with van der Waals surface area (Å²) in [5.41, 5.74) is 8.58. The van der Waals surface area contributed by atoms with Gasteiger partial charge in [-0.15, -0.1) is 0 Å². The molecule has 1 unspecified atom stereocenters. The predicted molar refractivity (Wildman–Crippen MR) is 82.5 cm³/mol. The zero-order valence-electron chi connectivity index (χ0n) is 12.5. The van der Waals surface area contributed by atoms with Crippen molar-refractivity contribution < 1.29 is 4.42 Å². The van der Waals surface area contributed by atoms with Gasteiger partial charge in [-0.25, -0.2) is 0 Å². The fourth-order valence-corrected chi connectivity index (χ4v) is 2.43. The van der Waals surface area contributed by atoms with E-state index in [1.807, 2.05) is 12.1 Å². The minimum absolute atomic E-state index is 0.210. The monoisotopic (exact) mass is 272 g/mol. The molecule has 2 aromatic rings. The smallest absolute Gasteiger partial charge is 0.117 e. The van der Waals surface area contributed by atoms with E-state index in [-0.39, 0.29) is 6.04 Å². The van der Waals surface area contributed by atoms with Crippen LogP contribution in [0, 0.1) is 0 Å². The molecule has 0 saturated heterocycles. The van der Waals surface area contributed by atoms with Crippen LogP contribution in [0.1, 0.15) is 42.7 Å². The van der Waals surface area contributed by atoms with Gasteiger partial charge in [0, 0.05) is 12.6 Å². The molecule has 3 nitrogen and oxygen atoms in total. The van der Waals surface area contributed by atoms with E-state index in [9.17, 15) is 0 Å². The third-order valence-corrected chi connectivity index (χ3v) is 3.73. The predicted octanol–water partition coefficient (Wildman–Crippen LogP) is 3.53. The van der Waals surface area contributed by atoms with Gasteiger partial charge < -0.3 is 10.2 Å². The number of likely N-dealkylation sites (N-methyl/N-ethyl adjacent to an activating group) is 1. The average Bonchev–Trinajstić information content (AvgIpc) is 2.93. The highest BCUT2D eigenvalue weighted by Gasteiger charge is 2.16. The lowest BCUT2D eigenvalue weighted by molar-refractivity contribution is 0.223. The summed E-state index contributed by atoms with van der Waals surface area (Å²) in [6.07, 6.45) is 1.71. The fourth-order valence-electron chi connectivity index (χ4n) is 2.43. The van der Waals surface area contributed by atoms with Gasteiger partial charge in [0.2, 0.25) is 0 Å². The summed E-state index contributed by atoms with van der Waals surface area (Å²) in [6, 6.07) is 12.9. The van der Waals surface area contributed by atoms with Crippen molar-refractivity contribution in [2.75, 3.05) is 13.6 Å². The Morgan fingerprint density at radius 3 is 2.25 bits per heavy atom. The molecule has 1 atom stereocenters. The Hall–Kier alpha value is -1.58. The molecular formula is C17H24N2O. The molecular weight excluding hydrogens is 248 g/mol. The topological polar surface area (TPSA) is 42.4 Å². The highest BCUT2D eigenvalue weighted by Crippen LogP contribution is 2.23. The second kappa shape index (κ2) is 6.73. The van der Waals surface area contributed by atoms with E-state index in [2.05, 4.69) is 50.1 Å². The van der Waals surface area contributed by atoms with Gasteiger partial charge in [-0.3, -0.25) is 4.90 Å². The lowest BCUT2D eigenvalue weighted by Gasteiger charge is -2.26. The fraction of sp³-hybridized carbons (Fsp3) is 0.412. The number of furan rings is 1. The Morgan fingerprint density at radius 1 is 1.10 bits per heavy atom. The van der Waals surface area contributed by atoms with Crippen molar-refractivity contribution in [3.8, 4) is 0 Å². The average molecular weight is 272 g/mol. The molecule has 1 aromatic carbocycles. The van der Waals surface area contributed by atoms with Crippen molar-refractivity contribution in [2.45, 2.75) is 32.4 Å². The third-order valence-electron chi connectivity index (χ3n) is 3.73. The lowest BCUT2D eigenvalue weighted by Crippen LogP contribution is -2.30. The molecule has 2 rings (SSSR count). The van der Waals surface area contributed by atoms with E-state index in [0.29, 0.717) is 12.5 Å². The maximum absolute atomic E-state index is 5.96. The number of nitrogens with two attached hydrogens (primary N) is 1. The number of benzene rings is 1. The summed E-state index contributed by atoms with van der Waals surface area (Å²) in [5.74, 6) is 1.52. The standard InChI is InChI=1S/C17H24N2O/c1-13(2)14-6-8-15(9-7-14)17(11-18)19(3)12-16-5-4-10-20-16/h4-10,13,17H,11-12,18H2,1-3H3. The van der Waals surface area contributed by atoms with E-state index in [4.69, 9.17) is 10.2 Å². The van der Waals surface area contributed by atoms with Crippen LogP contribution >= 0.6 is 0 Å². The van der Waals surface area contributed by atoms with Crippen molar-refractivity contribution in [1.82, 2.24) is 4.90 Å². The first-order valence-corrected chi connectivity index (χ1v) is 7.14. The Kier molecular flexibility index (Phi) is 4.99. The summed E-state index contributed by atoms with van der Waals surface area (Å²) in [5, 5.41) is 0. The maximum Gasteiger partial charge on any atom is 0.117 e. The number of hydrogen-bond donors (Lipinski definition) is 1. The zero-order chi connectivity index (χ0) is 14.5. The first kappa shape index (κ1) is 14.8. The maximum atomic E-state index is 5.96. The van der Waals surface area contributed by atoms with E-state index in [1.165, 1.54) is 11.1 Å². The van der Waals surface area contributed by atoms with Crippen molar-refractivity contribution in [3.63, 3.8) is 0 Å². The van der Waals surface area contributed by atoms with Gasteiger partial charge in [0.25, 0.3) is 0 Å². The van der Waals surface area contributed by atoms with Crippen LogP contribution in [0.25, 0.3) is 0 Å². The van der Waals surface area contributed by atoms with Gasteiger partial charge in [0.05, 0.1) is 12.8 Å². The highest BCUT2D eigenvalue weighted by atomic mass is 16.3. The quantitative estimate of drug-likeness (QED) is 0.874. The zero-order valence-corrected chi connectivity index (χ0v) is 12.5. The van der Waals surface area contributed by atoms with Crippen molar-refractivity contribution in [3.05, 3.63) is 59.5 Å². The molecule has 0 radical (unpaired) electrons. The summed E-state index contributed by atoms with van der Waals surface area (Å²) >= 11 is 0. The minimum atomic E-state index is 0.210. The Morgan fingerprint density at radius 2 is 1.75 bits per heavy atom. The molecule has 0 saturated carbocycles. The molecule has 20 heavy (non-hydrogen) atoms. The molecule has 2 N–H and O–H groups in total. The molecule has 0 fully saturated rings. The Bertz CT molecular complexity index is 502. The van der Waals surface area contributed by atoms with Crippen LogP contribution in [0.2, 0.25) is 0 Å². The summed E-state index contributed by atoms with van der Waals surface area (Å²) in [4.78, 5) is 2.23. The van der Waals surface area contributed by atoms with Crippen LogP contribution < -0.4 is 5.73 Å². The second-order valence-electron chi connectivity index (χ2n) is 5.57. The first-order valence-electron chi connectivity index (χ1n) is 7.14. The molecule has 0 aliphatic heterocycles. The summed E-state index contributed by atoms with van der Waals surface area (Å²) in [6.45, 7) is 5.77. The molecule has 1 heterocycles. The Balaban J connectivity index is 2.10. The molecule has 3 heteroatoms. The second-order valence-corrected chi connectivity index (χ2v) is 5.57. The van der Waals surface area contributed by atoms with Crippen LogP contribution in [0.4, 0.5) is 0 Å². The van der Waals surface area contributed by atoms with Crippen molar-refractivity contribution >= 4 is 0 Å². The molecule has 0 aliphatic carbocycles. The number of nitrogens with zero attached hydrogens (tertiary/aromatic N) is 1. The van der Waals surface area contributed by atoms with Crippen LogP contribution in [0.3, 0.4) is 0 Å². The minimum Gasteiger partial charge on any atom is -0.468 e. The number of rotatable bonds is 6. The molecule has 1 aromatic heterocycles. The van der Waals surface area contributed by atoms with Gasteiger partial charge in [0.15, 0.2) is 0 Å². The molecule has 0 amide bonds. The normalized spacial score (nSPS) is 13.1. The summed E-state index contributed by atoms with van der Waals surface area (Å²) < 4.78 is 5.40. The molecule has 0 bridgehead atoms. The SMILES string of the molecule is CC(C)c1ccc(C(CN)N(C)Cc2ccco2)cc1. The van der Waals surface area contributed by atoms with Gasteiger partial charge >= 0.3 is 0 Å². The van der Waals surface area contributed by atoms with E-state index in [1.54, 1.807) is 6.26 Å². The summed E-state index contributed by atoms with van der Waals surface area (Å²) in [7, 11) is 2.08. The third kappa shape index (κ3) is 3.50. The number of hydrogen-bond acceptors (Lipinski definition) is 3. The largest absolute Gasteiger partial charge is 0.468 e. The van der Waals surface area contributed by atoms with E-state index >= 15 is 0 Å². The van der Waals surface area contributed by atoms with Gasteiger partial charge in [-0.1, -0.05) is 38.1 Å². The molecule has 0 aliphatic rings. The Labute approximate surface area is 121 Å². The van der Waals surface area contributed by atoms with E-state index in [0.717, 1.165) is 12.3 Å². The van der Waals surface area contributed by atoms with Gasteiger partial charge in [0.1, 0.15) is 5.76 Å². The van der Waals surface area contributed by atoms with Crippen LogP contribution in [-0.4, -0.2) is 18.5 Å². The first-order chi connectivity index (χ1) is 9.61. The van der Waals surface area contributed by atoms with Crippen LogP contribution in [0.5, 0.6) is 0 Å². The van der Waals surface area contributed by atoms with Crippen LogP contribution in [-0.2, 0) is 6.54 Å². The van der Waals surface area contributed by atoms with Crippen LogP contribution in [0.15, 0.2) is 47.1 Å². The highest BCUT2D eigenvalue weighted by molar-refractivity contribution is 5.27. The molecule has 108 valence electrons. The van der Waals surface area contributed by atoms with Gasteiger partial charge in [-0.2, -0.15) is 0 Å². The van der Waals surface area contributed by atoms with Crippen molar-refractivity contribution in [1.29, 1.82) is 0 Å². The van der Waals surface area contributed by atoms with Crippen molar-refractivity contribution in [2.24, 2.45) is 5.73 Å². The van der Waals surface area contributed by atoms with E-state index < -0.39 is 0 Å². The van der Waals surface area contributed by atoms with Gasteiger partial charge in [-0.05, 0) is 36.2 Å². The lowest BCUT2D eigenvalue weighted by atomic mass is 9.98. The molecule has 0 spiro atoms.